The first kappa shape index (κ1) is 8.79. The Hall–Kier alpha value is -0.790. The standard InChI is InChI=1S/C11H18N2/c1-11(2)5-3-4-10(8-11)13-7-6-12-9-13/h6-7,9-10H,3-5,8H2,1-2H3. The molecule has 1 aromatic rings. The second-order valence-corrected chi connectivity index (χ2v) is 4.92. The molecule has 2 heteroatoms. The van der Waals surface area contributed by atoms with Crippen LogP contribution >= 0.6 is 0 Å². The summed E-state index contributed by atoms with van der Waals surface area (Å²) in [6.45, 7) is 4.74. The van der Waals surface area contributed by atoms with E-state index in [1.165, 1.54) is 25.7 Å². The fourth-order valence-electron chi connectivity index (χ4n) is 2.40. The second kappa shape index (κ2) is 3.17. The van der Waals surface area contributed by atoms with Gasteiger partial charge in [-0.15, -0.1) is 0 Å². The molecule has 72 valence electrons. The molecule has 1 heterocycles. The molecule has 13 heavy (non-hydrogen) atoms. The molecule has 1 fully saturated rings. The van der Waals surface area contributed by atoms with Gasteiger partial charge in [-0.2, -0.15) is 0 Å². The summed E-state index contributed by atoms with van der Waals surface area (Å²) in [5.74, 6) is 0. The van der Waals surface area contributed by atoms with Crippen LogP contribution in [0.1, 0.15) is 45.6 Å². The SMILES string of the molecule is CC1(C)CCCC(n2ccnc2)C1. The normalized spacial score (nSPS) is 27.4. The van der Waals surface area contributed by atoms with Gasteiger partial charge in [-0.1, -0.05) is 20.3 Å². The maximum absolute atomic E-state index is 4.11. The third-order valence-corrected chi connectivity index (χ3v) is 3.13. The highest BCUT2D eigenvalue weighted by atomic mass is 15.1. The van der Waals surface area contributed by atoms with Crippen LogP contribution < -0.4 is 0 Å². The van der Waals surface area contributed by atoms with Gasteiger partial charge >= 0.3 is 0 Å². The average Bonchev–Trinajstić information content (AvgIpc) is 2.53. The summed E-state index contributed by atoms with van der Waals surface area (Å²) in [5.41, 5.74) is 0.521. The molecule has 2 rings (SSSR count). The Morgan fingerprint density at radius 1 is 1.46 bits per heavy atom. The lowest BCUT2D eigenvalue weighted by Gasteiger charge is -2.35. The van der Waals surface area contributed by atoms with Crippen molar-refractivity contribution in [3.8, 4) is 0 Å². The van der Waals surface area contributed by atoms with Gasteiger partial charge in [0, 0.05) is 18.4 Å². The van der Waals surface area contributed by atoms with E-state index in [0.29, 0.717) is 11.5 Å². The third kappa shape index (κ3) is 1.93. The Morgan fingerprint density at radius 2 is 2.31 bits per heavy atom. The van der Waals surface area contributed by atoms with Crippen LogP contribution in [-0.4, -0.2) is 9.55 Å². The maximum Gasteiger partial charge on any atom is 0.0948 e. The lowest BCUT2D eigenvalue weighted by Crippen LogP contribution is -2.24. The Kier molecular flexibility index (Phi) is 2.14. The van der Waals surface area contributed by atoms with Gasteiger partial charge in [-0.3, -0.25) is 0 Å². The van der Waals surface area contributed by atoms with Gasteiger partial charge in [0.15, 0.2) is 0 Å². The molecule has 1 aliphatic carbocycles. The Morgan fingerprint density at radius 3 is 2.92 bits per heavy atom. The lowest BCUT2D eigenvalue weighted by atomic mass is 9.75. The van der Waals surface area contributed by atoms with Crippen molar-refractivity contribution >= 4 is 0 Å². The number of imidazole rings is 1. The van der Waals surface area contributed by atoms with Crippen LogP contribution in [0, 0.1) is 5.41 Å². The molecular formula is C11H18N2. The Balaban J connectivity index is 2.09. The second-order valence-electron chi connectivity index (χ2n) is 4.92. The van der Waals surface area contributed by atoms with Crippen LogP contribution in [-0.2, 0) is 0 Å². The third-order valence-electron chi connectivity index (χ3n) is 3.13. The minimum atomic E-state index is 0.521. The molecule has 0 bridgehead atoms. The molecule has 0 amide bonds. The van der Waals surface area contributed by atoms with E-state index in [9.17, 15) is 0 Å². The molecule has 1 aliphatic rings. The van der Waals surface area contributed by atoms with E-state index in [-0.39, 0.29) is 0 Å². The van der Waals surface area contributed by atoms with Crippen molar-refractivity contribution in [3.05, 3.63) is 18.7 Å². The summed E-state index contributed by atoms with van der Waals surface area (Å²) in [5, 5.41) is 0. The van der Waals surface area contributed by atoms with Crippen LogP contribution in [0.5, 0.6) is 0 Å². The van der Waals surface area contributed by atoms with E-state index < -0.39 is 0 Å². The van der Waals surface area contributed by atoms with Gasteiger partial charge in [0.1, 0.15) is 0 Å². The monoisotopic (exact) mass is 178 g/mol. The maximum atomic E-state index is 4.11. The van der Waals surface area contributed by atoms with Crippen molar-refractivity contribution in [1.82, 2.24) is 9.55 Å². The van der Waals surface area contributed by atoms with Gasteiger partial charge in [0.2, 0.25) is 0 Å². The van der Waals surface area contributed by atoms with Crippen LogP contribution in [0.3, 0.4) is 0 Å². The Labute approximate surface area is 80.0 Å². The summed E-state index contributed by atoms with van der Waals surface area (Å²) in [4.78, 5) is 4.11. The van der Waals surface area contributed by atoms with E-state index in [4.69, 9.17) is 0 Å². The highest BCUT2D eigenvalue weighted by molar-refractivity contribution is 4.87. The van der Waals surface area contributed by atoms with Crippen LogP contribution in [0.15, 0.2) is 18.7 Å². The van der Waals surface area contributed by atoms with Crippen LogP contribution in [0.25, 0.3) is 0 Å². The van der Waals surface area contributed by atoms with Crippen molar-refractivity contribution in [2.75, 3.05) is 0 Å². The zero-order valence-corrected chi connectivity index (χ0v) is 8.53. The molecular weight excluding hydrogens is 160 g/mol. The first-order valence-electron chi connectivity index (χ1n) is 5.15. The summed E-state index contributed by atoms with van der Waals surface area (Å²) in [6, 6.07) is 0.686. The lowest BCUT2D eigenvalue weighted by molar-refractivity contribution is 0.183. The van der Waals surface area contributed by atoms with Crippen molar-refractivity contribution in [2.24, 2.45) is 5.41 Å². The highest BCUT2D eigenvalue weighted by Gasteiger charge is 2.28. The van der Waals surface area contributed by atoms with E-state index in [1.807, 2.05) is 12.5 Å². The molecule has 1 unspecified atom stereocenters. The molecule has 0 saturated heterocycles. The van der Waals surface area contributed by atoms with E-state index in [2.05, 4.69) is 29.6 Å². The molecule has 1 atom stereocenters. The number of nitrogens with zero attached hydrogens (tertiary/aromatic N) is 2. The minimum absolute atomic E-state index is 0.521. The van der Waals surface area contributed by atoms with Crippen molar-refractivity contribution in [2.45, 2.75) is 45.6 Å². The van der Waals surface area contributed by atoms with Gasteiger partial charge in [-0.25, -0.2) is 4.98 Å². The number of hydrogen-bond acceptors (Lipinski definition) is 1. The van der Waals surface area contributed by atoms with Crippen LogP contribution in [0.2, 0.25) is 0 Å². The molecule has 0 aliphatic heterocycles. The van der Waals surface area contributed by atoms with Gasteiger partial charge < -0.3 is 4.57 Å². The van der Waals surface area contributed by atoms with Gasteiger partial charge in [-0.05, 0) is 24.7 Å². The minimum Gasteiger partial charge on any atom is -0.334 e. The fourth-order valence-corrected chi connectivity index (χ4v) is 2.40. The average molecular weight is 178 g/mol. The molecule has 0 N–H and O–H groups in total. The topological polar surface area (TPSA) is 17.8 Å². The summed E-state index contributed by atoms with van der Waals surface area (Å²) in [6.07, 6.45) is 11.3. The molecule has 0 aromatic carbocycles. The number of hydrogen-bond donors (Lipinski definition) is 0. The zero-order chi connectivity index (χ0) is 9.31. The summed E-state index contributed by atoms with van der Waals surface area (Å²) < 4.78 is 2.26. The van der Waals surface area contributed by atoms with E-state index >= 15 is 0 Å². The van der Waals surface area contributed by atoms with Crippen molar-refractivity contribution in [3.63, 3.8) is 0 Å². The molecule has 2 nitrogen and oxygen atoms in total. The molecule has 0 radical (unpaired) electrons. The predicted molar refractivity (Wildman–Crippen MR) is 53.5 cm³/mol. The largest absolute Gasteiger partial charge is 0.334 e. The van der Waals surface area contributed by atoms with Crippen molar-refractivity contribution in [1.29, 1.82) is 0 Å². The van der Waals surface area contributed by atoms with Gasteiger partial charge in [0.05, 0.1) is 6.33 Å². The van der Waals surface area contributed by atoms with E-state index in [0.717, 1.165) is 0 Å². The number of aromatic nitrogens is 2. The number of rotatable bonds is 1. The molecule has 0 spiro atoms. The first-order valence-corrected chi connectivity index (χ1v) is 5.15. The first-order chi connectivity index (χ1) is 6.17. The predicted octanol–water partition coefficient (Wildman–Crippen LogP) is 3.02. The molecule has 1 saturated carbocycles. The van der Waals surface area contributed by atoms with Crippen LogP contribution in [0.4, 0.5) is 0 Å². The summed E-state index contributed by atoms with van der Waals surface area (Å²) >= 11 is 0. The molecule has 1 aromatic heterocycles. The zero-order valence-electron chi connectivity index (χ0n) is 8.53. The highest BCUT2D eigenvalue weighted by Crippen LogP contribution is 2.40. The fraction of sp³-hybridized carbons (Fsp3) is 0.727. The van der Waals surface area contributed by atoms with E-state index in [1.54, 1.807) is 0 Å². The van der Waals surface area contributed by atoms with Crippen molar-refractivity contribution < 1.29 is 0 Å². The quantitative estimate of drug-likeness (QED) is 0.646. The summed E-state index contributed by atoms with van der Waals surface area (Å²) in [7, 11) is 0. The Bertz CT molecular complexity index is 262. The van der Waals surface area contributed by atoms with Gasteiger partial charge in [0.25, 0.3) is 0 Å². The smallest absolute Gasteiger partial charge is 0.0948 e.